The molecule has 11 atom stereocenters. The van der Waals surface area contributed by atoms with Crippen LogP contribution in [0.5, 0.6) is 0 Å². The second-order valence-electron chi connectivity index (χ2n) is 11.7. The Kier molecular flexibility index (Phi) is 10.1. The van der Waals surface area contributed by atoms with Gasteiger partial charge < -0.3 is 56.0 Å². The molecule has 0 aromatic carbocycles. The number of aromatic amines is 2. The highest BCUT2D eigenvalue weighted by atomic mass is 31.3. The summed E-state index contributed by atoms with van der Waals surface area (Å²) in [6.07, 6.45) is -12.0. The molecule has 6 heterocycles. The van der Waals surface area contributed by atoms with Gasteiger partial charge in [0, 0.05) is 0 Å². The van der Waals surface area contributed by atoms with E-state index in [1.807, 2.05) is 0 Å². The zero-order chi connectivity index (χ0) is 38.1. The second kappa shape index (κ2) is 13.7. The number of phosphoric ester groups is 1. The Hall–Kier alpha value is -3.49. The van der Waals surface area contributed by atoms with Crippen LogP contribution in [0.3, 0.4) is 0 Å². The summed E-state index contributed by atoms with van der Waals surface area (Å²) in [5.74, 6) is -0.556. The number of anilines is 2. The number of rotatable bonds is 12. The van der Waals surface area contributed by atoms with Crippen LogP contribution in [0.2, 0.25) is 0 Å². The van der Waals surface area contributed by atoms with Crippen molar-refractivity contribution in [2.75, 3.05) is 24.2 Å². The second-order valence-corrected chi connectivity index (χ2v) is 16.8. The zero-order valence-corrected chi connectivity index (χ0v) is 29.0. The number of ether oxygens (including phenoxy) is 2. The van der Waals surface area contributed by atoms with Crippen molar-refractivity contribution < 1.29 is 76.0 Å². The first-order valence-electron chi connectivity index (χ1n) is 14.7. The molecule has 2 aliphatic rings. The molecule has 2 aliphatic heterocycles. The molecule has 13 N–H and O–H groups in total. The van der Waals surface area contributed by atoms with Gasteiger partial charge in [-0.25, -0.2) is 23.0 Å². The van der Waals surface area contributed by atoms with Crippen molar-refractivity contribution in [3.05, 3.63) is 33.4 Å². The van der Waals surface area contributed by atoms with Gasteiger partial charge in [-0.2, -0.15) is 18.8 Å². The number of aromatic nitrogens is 8. The van der Waals surface area contributed by atoms with E-state index in [4.69, 9.17) is 20.9 Å². The molecule has 4 aromatic heterocycles. The summed E-state index contributed by atoms with van der Waals surface area (Å²) < 4.78 is 65.4. The number of phosphoric acid groups is 2. The SMILES string of the molecule is C[n+]1cn([C@@H]2O[C@H](CCP(=O)(O)OP(=O)(O)OP(=O)(O)OC[C@H]3O[C@@H](n4cnc5c(=O)[nH]c(N)nc54)[C@@H](O)C3O)C(O)[C@@H]2O)c2nc(N)[nH]c(=O)c21. The van der Waals surface area contributed by atoms with E-state index in [9.17, 15) is 58.4 Å². The highest BCUT2D eigenvalue weighted by Crippen LogP contribution is 2.67. The Morgan fingerprint density at radius 1 is 0.846 bits per heavy atom. The summed E-state index contributed by atoms with van der Waals surface area (Å²) in [4.78, 5) is 71.0. The largest absolute Gasteiger partial charge is 0.488 e. The standard InChI is InChI=1S/C22H31N10O17P3/c1-30-6-32(16-10(30)18(38)29-22(24)27-16)20-13(35)11(33)7(46-20)2-3-50(39,40)48-52(43,44)49-51(41,42)45-4-8-12(34)14(36)19(47-8)31-5-25-9-15(31)26-21(23)28-17(9)37/h5-8,11-14,19-20,33-36H,2-4H2,1H3,(H8-,23,24,26,27,28,29,37,38,39,40,41,42,43,44)/p+1/t7-,8-,11?,12?,13+,14+,19-,20-/m1/s1. The molecule has 2 saturated heterocycles. The first-order valence-corrected chi connectivity index (χ1v) is 19.5. The van der Waals surface area contributed by atoms with Gasteiger partial charge in [0.15, 0.2) is 17.4 Å². The summed E-state index contributed by atoms with van der Waals surface area (Å²) in [5.41, 5.74) is 9.53. The summed E-state index contributed by atoms with van der Waals surface area (Å²) in [6, 6.07) is 0. The maximum absolute atomic E-state index is 12.7. The van der Waals surface area contributed by atoms with Gasteiger partial charge in [0.1, 0.15) is 30.5 Å². The van der Waals surface area contributed by atoms with Gasteiger partial charge in [0.2, 0.25) is 24.5 Å². The van der Waals surface area contributed by atoms with E-state index < -0.39 is 103 Å². The van der Waals surface area contributed by atoms with Crippen LogP contribution in [0.25, 0.3) is 22.3 Å². The number of imidazole rings is 2. The molecule has 30 heteroatoms. The van der Waals surface area contributed by atoms with Crippen LogP contribution in [0, 0.1) is 0 Å². The van der Waals surface area contributed by atoms with Crippen LogP contribution in [-0.2, 0) is 43.4 Å². The fourth-order valence-electron chi connectivity index (χ4n) is 5.71. The number of aliphatic hydroxyl groups is 4. The van der Waals surface area contributed by atoms with E-state index in [1.165, 1.54) is 22.5 Å². The summed E-state index contributed by atoms with van der Waals surface area (Å²) in [6.45, 7) is -1.06. The molecule has 0 bridgehead atoms. The number of nitrogen functional groups attached to an aromatic ring is 2. The van der Waals surface area contributed by atoms with Crippen molar-refractivity contribution in [1.82, 2.24) is 34.1 Å². The first kappa shape index (κ1) is 38.2. The number of hydrogen-bond donors (Lipinski definition) is 11. The number of nitrogens with two attached hydrogens (primary N) is 2. The number of nitrogens with one attached hydrogen (secondary N) is 2. The van der Waals surface area contributed by atoms with Gasteiger partial charge >= 0.3 is 28.8 Å². The van der Waals surface area contributed by atoms with E-state index in [0.29, 0.717) is 0 Å². The lowest BCUT2D eigenvalue weighted by Crippen LogP contribution is -2.33. The van der Waals surface area contributed by atoms with Crippen molar-refractivity contribution >= 4 is 57.5 Å². The lowest BCUT2D eigenvalue weighted by Gasteiger charge is -2.21. The maximum Gasteiger partial charge on any atom is 0.488 e. The van der Waals surface area contributed by atoms with Crippen molar-refractivity contribution in [2.45, 2.75) is 55.5 Å². The third-order valence-electron chi connectivity index (χ3n) is 8.00. The van der Waals surface area contributed by atoms with Gasteiger partial charge in [0.25, 0.3) is 16.7 Å². The number of fused-ring (bicyclic) bond motifs is 2. The third-order valence-corrected chi connectivity index (χ3v) is 12.8. The van der Waals surface area contributed by atoms with Crippen molar-refractivity contribution in [1.29, 1.82) is 0 Å². The first-order chi connectivity index (χ1) is 24.2. The van der Waals surface area contributed by atoms with Crippen LogP contribution < -0.4 is 27.2 Å². The van der Waals surface area contributed by atoms with Gasteiger partial charge in [-0.05, 0) is 6.42 Å². The molecule has 0 saturated carbocycles. The molecular formula is C22H32N10O17P3+. The molecule has 0 spiro atoms. The highest BCUT2D eigenvalue weighted by Gasteiger charge is 2.50. The van der Waals surface area contributed by atoms with Crippen LogP contribution in [0.1, 0.15) is 18.9 Å². The summed E-state index contributed by atoms with van der Waals surface area (Å²) >= 11 is 0. The number of hydrogen-bond acceptors (Lipinski definition) is 19. The monoisotopic (exact) mass is 801 g/mol. The van der Waals surface area contributed by atoms with Gasteiger partial charge in [-0.3, -0.25) is 33.2 Å². The average molecular weight is 801 g/mol. The zero-order valence-electron chi connectivity index (χ0n) is 26.3. The minimum Gasteiger partial charge on any atom is -0.387 e. The Morgan fingerprint density at radius 3 is 2.10 bits per heavy atom. The molecule has 4 aromatic rings. The molecule has 52 heavy (non-hydrogen) atoms. The molecule has 286 valence electrons. The lowest BCUT2D eigenvalue weighted by atomic mass is 10.1. The Labute approximate surface area is 287 Å². The van der Waals surface area contributed by atoms with Crippen molar-refractivity contribution in [2.24, 2.45) is 7.05 Å². The summed E-state index contributed by atoms with van der Waals surface area (Å²) in [5, 5.41) is 42.2. The molecule has 5 unspecified atom stereocenters. The summed E-state index contributed by atoms with van der Waals surface area (Å²) in [7, 11) is -15.2. The van der Waals surface area contributed by atoms with E-state index in [0.717, 1.165) is 10.9 Å². The molecule has 27 nitrogen and oxygen atoms in total. The van der Waals surface area contributed by atoms with Gasteiger partial charge in [-0.15, -0.1) is 0 Å². The minimum absolute atomic E-state index is 0.0247. The Morgan fingerprint density at radius 2 is 1.42 bits per heavy atom. The van der Waals surface area contributed by atoms with Crippen LogP contribution >= 0.6 is 23.2 Å². The smallest absolute Gasteiger partial charge is 0.387 e. The van der Waals surface area contributed by atoms with Gasteiger partial charge in [0.05, 0.1) is 32.2 Å². The van der Waals surface area contributed by atoms with Crippen LogP contribution in [-0.4, -0.2) is 119 Å². The van der Waals surface area contributed by atoms with E-state index in [-0.39, 0.29) is 34.2 Å². The average Bonchev–Trinajstić information content (AvgIpc) is 3.74. The Balaban J connectivity index is 1.05. The third kappa shape index (κ3) is 7.48. The highest BCUT2D eigenvalue weighted by molar-refractivity contribution is 7.68. The molecule has 2 fully saturated rings. The van der Waals surface area contributed by atoms with E-state index in [2.05, 4.69) is 38.1 Å². The van der Waals surface area contributed by atoms with Gasteiger partial charge in [-0.1, -0.05) is 0 Å². The molecule has 0 radical (unpaired) electrons. The normalized spacial score (nSPS) is 30.1. The topological polar surface area (TPSA) is 409 Å². The van der Waals surface area contributed by atoms with Crippen LogP contribution in [0.15, 0.2) is 22.2 Å². The van der Waals surface area contributed by atoms with Crippen LogP contribution in [0.4, 0.5) is 11.9 Å². The molecule has 6 rings (SSSR count). The van der Waals surface area contributed by atoms with Crippen molar-refractivity contribution in [3.63, 3.8) is 0 Å². The predicted octanol–water partition coefficient (Wildman–Crippen LogP) is -4.09. The number of aryl methyl sites for hydroxylation is 1. The minimum atomic E-state index is -5.88. The quantitative estimate of drug-likeness (QED) is 0.0479. The number of nitrogens with zero attached hydrogens (tertiary/aromatic N) is 6. The van der Waals surface area contributed by atoms with E-state index in [1.54, 1.807) is 0 Å². The molecule has 0 aliphatic carbocycles. The fourth-order valence-corrected chi connectivity index (χ4v) is 9.86. The number of aliphatic hydroxyl groups excluding tert-OH is 4. The predicted molar refractivity (Wildman–Crippen MR) is 167 cm³/mol. The fraction of sp³-hybridized carbons (Fsp3) is 0.545. The Bertz CT molecular complexity index is 2280. The number of H-pyrrole nitrogens is 2. The molecular weight excluding hydrogens is 769 g/mol. The maximum atomic E-state index is 12.7. The molecule has 0 amide bonds. The lowest BCUT2D eigenvalue weighted by molar-refractivity contribution is -0.646. The van der Waals surface area contributed by atoms with Crippen molar-refractivity contribution in [3.8, 4) is 0 Å². The van der Waals surface area contributed by atoms with E-state index >= 15 is 0 Å².